The summed E-state index contributed by atoms with van der Waals surface area (Å²) in [4.78, 5) is 8.61. The van der Waals surface area contributed by atoms with E-state index in [1.165, 1.54) is 11.9 Å². The monoisotopic (exact) mass is 355 g/mol. The Hall–Kier alpha value is -3.60. The van der Waals surface area contributed by atoms with Crippen LogP contribution in [0.1, 0.15) is 5.56 Å². The lowest BCUT2D eigenvalue weighted by Crippen LogP contribution is -2.10. The maximum Gasteiger partial charge on any atom is 0.159 e. The molecular weight excluding hydrogens is 334 g/mol. The molecule has 134 valence electrons. The topological polar surface area (TPSA) is 75.9 Å². The number of aromatic nitrogens is 2. The number of benzene rings is 3. The van der Waals surface area contributed by atoms with Gasteiger partial charge in [-0.15, -0.1) is 0 Å². The van der Waals surface area contributed by atoms with Crippen LogP contribution in [0, 0.1) is 0 Å². The summed E-state index contributed by atoms with van der Waals surface area (Å²) in [6, 6.07) is 24.7. The van der Waals surface area contributed by atoms with E-state index in [9.17, 15) is 0 Å². The van der Waals surface area contributed by atoms with Gasteiger partial charge < -0.3 is 16.4 Å². The molecule has 4 aromatic rings. The van der Waals surface area contributed by atoms with Crippen LogP contribution in [-0.4, -0.2) is 16.5 Å². The van der Waals surface area contributed by atoms with Crippen LogP contribution in [0.3, 0.4) is 0 Å². The minimum absolute atomic E-state index is 0.512. The van der Waals surface area contributed by atoms with Crippen LogP contribution in [-0.2, 0) is 6.42 Å². The molecule has 27 heavy (non-hydrogen) atoms. The van der Waals surface area contributed by atoms with Crippen molar-refractivity contribution in [3.05, 3.63) is 84.7 Å². The average molecular weight is 355 g/mol. The first-order valence-corrected chi connectivity index (χ1v) is 8.94. The summed E-state index contributed by atoms with van der Waals surface area (Å²) in [5, 5.41) is 8.94. The van der Waals surface area contributed by atoms with E-state index in [4.69, 9.17) is 5.73 Å². The first kappa shape index (κ1) is 16.8. The Kier molecular flexibility index (Phi) is 4.83. The van der Waals surface area contributed by atoms with Gasteiger partial charge in [-0.1, -0.05) is 66.7 Å². The molecule has 0 amide bonds. The molecule has 0 aliphatic carbocycles. The van der Waals surface area contributed by atoms with Crippen LogP contribution in [0.2, 0.25) is 0 Å². The number of nitrogens with two attached hydrogens (primary N) is 1. The molecule has 0 saturated heterocycles. The van der Waals surface area contributed by atoms with Crippen molar-refractivity contribution in [1.29, 1.82) is 0 Å². The standard InChI is InChI=1S/C22H21N5/c23-20-21(24-14-13-16-7-2-1-3-8-16)25-15-26-22(20)27-19-12-6-10-17-9-4-5-11-18(17)19/h1-12,15H,13-14,23H2,(H2,24,25,26,27). The molecule has 1 aromatic heterocycles. The molecule has 0 radical (unpaired) electrons. The minimum Gasteiger partial charge on any atom is -0.393 e. The molecule has 5 heteroatoms. The van der Waals surface area contributed by atoms with Gasteiger partial charge >= 0.3 is 0 Å². The molecule has 0 saturated carbocycles. The Morgan fingerprint density at radius 2 is 1.52 bits per heavy atom. The van der Waals surface area contributed by atoms with Gasteiger partial charge in [0.1, 0.15) is 12.0 Å². The van der Waals surface area contributed by atoms with E-state index < -0.39 is 0 Å². The lowest BCUT2D eigenvalue weighted by molar-refractivity contribution is 1.00. The summed E-state index contributed by atoms with van der Waals surface area (Å²) in [5.74, 6) is 1.24. The molecule has 0 atom stereocenters. The number of hydrogen-bond donors (Lipinski definition) is 3. The SMILES string of the molecule is Nc1c(NCCc2ccccc2)ncnc1Nc1cccc2ccccc12. The lowest BCUT2D eigenvalue weighted by atomic mass is 10.1. The van der Waals surface area contributed by atoms with E-state index in [1.54, 1.807) is 0 Å². The quantitative estimate of drug-likeness (QED) is 0.471. The number of rotatable bonds is 6. The second kappa shape index (κ2) is 7.74. The van der Waals surface area contributed by atoms with Crippen molar-refractivity contribution in [2.24, 2.45) is 0 Å². The van der Waals surface area contributed by atoms with Gasteiger partial charge in [0.05, 0.1) is 0 Å². The van der Waals surface area contributed by atoms with E-state index in [2.05, 4.69) is 50.9 Å². The van der Waals surface area contributed by atoms with Gasteiger partial charge in [0, 0.05) is 17.6 Å². The van der Waals surface area contributed by atoms with Crippen LogP contribution >= 0.6 is 0 Å². The third-order valence-electron chi connectivity index (χ3n) is 4.48. The highest BCUT2D eigenvalue weighted by atomic mass is 15.1. The molecule has 0 aliphatic rings. The molecule has 0 spiro atoms. The van der Waals surface area contributed by atoms with E-state index in [0.717, 1.165) is 29.4 Å². The Balaban J connectivity index is 1.51. The predicted octanol–water partition coefficient (Wildman–Crippen LogP) is 4.61. The van der Waals surface area contributed by atoms with Crippen LogP contribution in [0.15, 0.2) is 79.1 Å². The molecule has 4 N–H and O–H groups in total. The molecule has 0 fully saturated rings. The summed E-state index contributed by atoms with van der Waals surface area (Å²) in [7, 11) is 0. The number of nitrogens with one attached hydrogen (secondary N) is 2. The summed E-state index contributed by atoms with van der Waals surface area (Å²) in [5.41, 5.74) is 9.05. The minimum atomic E-state index is 0.512. The zero-order valence-electron chi connectivity index (χ0n) is 14.9. The van der Waals surface area contributed by atoms with Gasteiger partial charge in [-0.3, -0.25) is 0 Å². The fourth-order valence-electron chi connectivity index (χ4n) is 3.07. The highest BCUT2D eigenvalue weighted by Crippen LogP contribution is 2.29. The highest BCUT2D eigenvalue weighted by Gasteiger charge is 2.09. The van der Waals surface area contributed by atoms with E-state index in [-0.39, 0.29) is 0 Å². The van der Waals surface area contributed by atoms with Gasteiger partial charge in [-0.25, -0.2) is 9.97 Å². The van der Waals surface area contributed by atoms with Crippen molar-refractivity contribution < 1.29 is 0 Å². The Labute approximate surface area is 158 Å². The predicted molar refractivity (Wildman–Crippen MR) is 112 cm³/mol. The number of anilines is 4. The van der Waals surface area contributed by atoms with Crippen LogP contribution in [0.5, 0.6) is 0 Å². The first-order chi connectivity index (χ1) is 13.3. The van der Waals surface area contributed by atoms with Crippen molar-refractivity contribution >= 4 is 33.8 Å². The molecule has 1 heterocycles. The van der Waals surface area contributed by atoms with Gasteiger partial charge in [0.25, 0.3) is 0 Å². The van der Waals surface area contributed by atoms with Gasteiger partial charge in [-0.2, -0.15) is 0 Å². The Bertz CT molecular complexity index is 1040. The summed E-state index contributed by atoms with van der Waals surface area (Å²) >= 11 is 0. The maximum atomic E-state index is 6.30. The van der Waals surface area contributed by atoms with Gasteiger partial charge in [0.15, 0.2) is 11.6 Å². The highest BCUT2D eigenvalue weighted by molar-refractivity contribution is 5.96. The van der Waals surface area contributed by atoms with Crippen molar-refractivity contribution in [3.63, 3.8) is 0 Å². The fraction of sp³-hybridized carbons (Fsp3) is 0.0909. The molecule has 0 unspecified atom stereocenters. The number of nitrogen functional groups attached to an aromatic ring is 1. The summed E-state index contributed by atoms with van der Waals surface area (Å²) in [6.45, 7) is 0.749. The van der Waals surface area contributed by atoms with Crippen molar-refractivity contribution in [1.82, 2.24) is 9.97 Å². The smallest absolute Gasteiger partial charge is 0.159 e. The largest absolute Gasteiger partial charge is 0.393 e. The van der Waals surface area contributed by atoms with Gasteiger partial charge in [0.2, 0.25) is 0 Å². The molecule has 0 bridgehead atoms. The second-order valence-corrected chi connectivity index (χ2v) is 6.30. The van der Waals surface area contributed by atoms with Crippen LogP contribution < -0.4 is 16.4 Å². The Morgan fingerprint density at radius 1 is 0.778 bits per heavy atom. The zero-order chi connectivity index (χ0) is 18.5. The lowest BCUT2D eigenvalue weighted by Gasteiger charge is -2.14. The number of fused-ring (bicyclic) bond motifs is 1. The third kappa shape index (κ3) is 3.82. The van der Waals surface area contributed by atoms with Gasteiger partial charge in [-0.05, 0) is 23.4 Å². The molecule has 4 rings (SSSR count). The number of nitrogens with zero attached hydrogens (tertiary/aromatic N) is 2. The normalized spacial score (nSPS) is 10.7. The summed E-state index contributed by atoms with van der Waals surface area (Å²) < 4.78 is 0. The third-order valence-corrected chi connectivity index (χ3v) is 4.48. The van der Waals surface area contributed by atoms with Crippen molar-refractivity contribution in [2.75, 3.05) is 22.9 Å². The van der Waals surface area contributed by atoms with Crippen LogP contribution in [0.4, 0.5) is 23.0 Å². The van der Waals surface area contributed by atoms with Crippen molar-refractivity contribution in [2.45, 2.75) is 6.42 Å². The fourth-order valence-corrected chi connectivity index (χ4v) is 3.07. The van der Waals surface area contributed by atoms with E-state index in [0.29, 0.717) is 17.3 Å². The number of hydrogen-bond acceptors (Lipinski definition) is 5. The van der Waals surface area contributed by atoms with Crippen molar-refractivity contribution in [3.8, 4) is 0 Å². The van der Waals surface area contributed by atoms with E-state index in [1.807, 2.05) is 42.5 Å². The molecule has 5 nitrogen and oxygen atoms in total. The molecular formula is C22H21N5. The first-order valence-electron chi connectivity index (χ1n) is 8.94. The maximum absolute atomic E-state index is 6.30. The molecule has 0 aliphatic heterocycles. The second-order valence-electron chi connectivity index (χ2n) is 6.30. The average Bonchev–Trinajstić information content (AvgIpc) is 2.72. The Morgan fingerprint density at radius 3 is 2.41 bits per heavy atom. The van der Waals surface area contributed by atoms with Crippen LogP contribution in [0.25, 0.3) is 10.8 Å². The summed E-state index contributed by atoms with van der Waals surface area (Å²) in [6.07, 6.45) is 2.42. The van der Waals surface area contributed by atoms with E-state index >= 15 is 0 Å². The zero-order valence-corrected chi connectivity index (χ0v) is 14.9. The molecule has 3 aromatic carbocycles.